The summed E-state index contributed by atoms with van der Waals surface area (Å²) in [4.78, 5) is 17.6. The zero-order valence-corrected chi connectivity index (χ0v) is 21.0. The van der Waals surface area contributed by atoms with E-state index in [0.717, 1.165) is 37.8 Å². The van der Waals surface area contributed by atoms with Gasteiger partial charge in [0.1, 0.15) is 5.75 Å². The number of nitriles is 1. The minimum Gasteiger partial charge on any atom is -0.496 e. The van der Waals surface area contributed by atoms with Crippen LogP contribution in [-0.2, 0) is 16.6 Å². The van der Waals surface area contributed by atoms with Gasteiger partial charge in [0.15, 0.2) is 0 Å². The lowest BCUT2D eigenvalue weighted by Crippen LogP contribution is -2.48. The molecular weight excluding hydrogens is 464 g/mol. The average Bonchev–Trinajstić information content (AvgIpc) is 3.19. The molecule has 0 spiro atoms. The summed E-state index contributed by atoms with van der Waals surface area (Å²) in [6, 6.07) is 14.3. The summed E-state index contributed by atoms with van der Waals surface area (Å²) >= 11 is 0. The van der Waals surface area contributed by atoms with Gasteiger partial charge in [-0.2, -0.15) is 9.57 Å². The molecule has 2 aromatic carbocycles. The van der Waals surface area contributed by atoms with Crippen LogP contribution in [0.2, 0.25) is 0 Å². The lowest BCUT2D eigenvalue weighted by Gasteiger charge is -2.35. The van der Waals surface area contributed by atoms with Gasteiger partial charge in [-0.3, -0.25) is 9.69 Å². The number of carbonyl (C=O) groups is 1. The van der Waals surface area contributed by atoms with E-state index in [2.05, 4.69) is 11.0 Å². The Labute approximate surface area is 207 Å². The van der Waals surface area contributed by atoms with E-state index in [1.807, 2.05) is 24.3 Å². The second-order valence-electron chi connectivity index (χ2n) is 9.06. The predicted molar refractivity (Wildman–Crippen MR) is 133 cm³/mol. The molecule has 0 aliphatic carbocycles. The molecule has 0 unspecified atom stereocenters. The van der Waals surface area contributed by atoms with Crippen molar-refractivity contribution in [1.82, 2.24) is 14.1 Å². The molecule has 1 amide bonds. The van der Waals surface area contributed by atoms with Crippen molar-refractivity contribution in [1.29, 1.82) is 5.26 Å². The van der Waals surface area contributed by atoms with Crippen LogP contribution in [0.25, 0.3) is 0 Å². The Morgan fingerprint density at radius 2 is 1.60 bits per heavy atom. The molecule has 2 aromatic rings. The second kappa shape index (κ2) is 11.2. The highest BCUT2D eigenvalue weighted by molar-refractivity contribution is 7.89. The Balaban J connectivity index is 1.45. The molecule has 2 saturated heterocycles. The third kappa shape index (κ3) is 5.84. The van der Waals surface area contributed by atoms with Crippen LogP contribution in [0.5, 0.6) is 5.75 Å². The molecule has 0 N–H and O–H groups in total. The van der Waals surface area contributed by atoms with Crippen LogP contribution in [0.1, 0.15) is 47.2 Å². The number of piperazine rings is 1. The van der Waals surface area contributed by atoms with Crippen LogP contribution < -0.4 is 4.74 Å². The molecule has 186 valence electrons. The molecule has 9 heteroatoms. The van der Waals surface area contributed by atoms with Gasteiger partial charge >= 0.3 is 0 Å². The number of sulfonamides is 1. The predicted octanol–water partition coefficient (Wildman–Crippen LogP) is 3.09. The normalized spacial score (nSPS) is 18.0. The van der Waals surface area contributed by atoms with Crippen LogP contribution >= 0.6 is 0 Å². The van der Waals surface area contributed by atoms with Crippen molar-refractivity contribution in [3.8, 4) is 11.8 Å². The molecule has 2 aliphatic heterocycles. The van der Waals surface area contributed by atoms with E-state index < -0.39 is 10.0 Å². The van der Waals surface area contributed by atoms with Crippen molar-refractivity contribution in [2.24, 2.45) is 0 Å². The number of carbonyl (C=O) groups excluding carboxylic acids is 1. The molecule has 8 nitrogen and oxygen atoms in total. The van der Waals surface area contributed by atoms with Gasteiger partial charge < -0.3 is 9.64 Å². The molecule has 0 radical (unpaired) electrons. The fourth-order valence-electron chi connectivity index (χ4n) is 4.67. The molecule has 0 saturated carbocycles. The van der Waals surface area contributed by atoms with Gasteiger partial charge in [0.05, 0.1) is 29.2 Å². The van der Waals surface area contributed by atoms with E-state index >= 15 is 0 Å². The molecular formula is C26H32N4O4S. The topological polar surface area (TPSA) is 93.9 Å². The van der Waals surface area contributed by atoms with E-state index in [0.29, 0.717) is 50.6 Å². The fourth-order valence-corrected chi connectivity index (χ4v) is 6.21. The zero-order chi connectivity index (χ0) is 24.8. The maximum atomic E-state index is 13.4. The van der Waals surface area contributed by atoms with Crippen molar-refractivity contribution in [3.63, 3.8) is 0 Å². The maximum absolute atomic E-state index is 13.4. The molecule has 35 heavy (non-hydrogen) atoms. The van der Waals surface area contributed by atoms with Crippen LogP contribution in [0.3, 0.4) is 0 Å². The van der Waals surface area contributed by atoms with Crippen molar-refractivity contribution in [2.45, 2.75) is 37.1 Å². The number of nitrogens with zero attached hydrogens (tertiary/aromatic N) is 4. The second-order valence-corrected chi connectivity index (χ2v) is 11.0. The first-order chi connectivity index (χ1) is 16.9. The zero-order valence-electron chi connectivity index (χ0n) is 20.1. The Morgan fingerprint density at radius 3 is 2.20 bits per heavy atom. The van der Waals surface area contributed by atoms with Gasteiger partial charge in [-0.1, -0.05) is 25.0 Å². The fraction of sp³-hybridized carbons (Fsp3) is 0.462. The van der Waals surface area contributed by atoms with Crippen molar-refractivity contribution < 1.29 is 17.9 Å². The number of methoxy groups -OCH3 is 1. The molecule has 2 aliphatic rings. The first-order valence-corrected chi connectivity index (χ1v) is 13.6. The van der Waals surface area contributed by atoms with Gasteiger partial charge in [-0.25, -0.2) is 8.42 Å². The summed E-state index contributed by atoms with van der Waals surface area (Å²) < 4.78 is 33.5. The van der Waals surface area contributed by atoms with E-state index in [-0.39, 0.29) is 16.4 Å². The van der Waals surface area contributed by atoms with Crippen LogP contribution in [-0.4, -0.2) is 74.8 Å². The molecule has 2 fully saturated rings. The number of benzene rings is 2. The van der Waals surface area contributed by atoms with Crippen molar-refractivity contribution >= 4 is 15.9 Å². The van der Waals surface area contributed by atoms with Crippen molar-refractivity contribution in [2.75, 3.05) is 46.4 Å². The number of hydrogen-bond acceptors (Lipinski definition) is 6. The highest BCUT2D eigenvalue weighted by atomic mass is 32.2. The highest BCUT2D eigenvalue weighted by Crippen LogP contribution is 2.27. The minimum atomic E-state index is -3.67. The molecule has 0 atom stereocenters. The quantitative estimate of drug-likeness (QED) is 0.610. The van der Waals surface area contributed by atoms with Gasteiger partial charge in [0.25, 0.3) is 5.91 Å². The SMILES string of the molecule is COc1ccc(S(=O)(=O)N2CCCCCC2)cc1C(=O)N1CCN(Cc2ccc(C#N)cc2)CC1. The third-order valence-electron chi connectivity index (χ3n) is 6.75. The van der Waals surface area contributed by atoms with Crippen LogP contribution in [0.15, 0.2) is 47.4 Å². The smallest absolute Gasteiger partial charge is 0.257 e. The van der Waals surface area contributed by atoms with Gasteiger partial charge in [0.2, 0.25) is 10.0 Å². The summed E-state index contributed by atoms with van der Waals surface area (Å²) in [5, 5.41) is 8.96. The first kappa shape index (κ1) is 25.2. The number of rotatable bonds is 6. The monoisotopic (exact) mass is 496 g/mol. The van der Waals surface area contributed by atoms with E-state index in [4.69, 9.17) is 10.00 Å². The van der Waals surface area contributed by atoms with Crippen LogP contribution in [0.4, 0.5) is 0 Å². The minimum absolute atomic E-state index is 0.142. The summed E-state index contributed by atoms with van der Waals surface area (Å²) in [5.41, 5.74) is 2.04. The number of amides is 1. The largest absolute Gasteiger partial charge is 0.496 e. The van der Waals surface area contributed by atoms with Crippen LogP contribution in [0, 0.1) is 11.3 Å². The number of ether oxygens (including phenoxy) is 1. The molecule has 0 bridgehead atoms. The van der Waals surface area contributed by atoms with Crippen molar-refractivity contribution in [3.05, 3.63) is 59.2 Å². The van der Waals surface area contributed by atoms with Gasteiger partial charge in [-0.05, 0) is 48.7 Å². The summed E-state index contributed by atoms with van der Waals surface area (Å²) in [5.74, 6) is 0.164. The summed E-state index contributed by atoms with van der Waals surface area (Å²) in [6.45, 7) is 4.28. The van der Waals surface area contributed by atoms with Gasteiger partial charge in [0, 0.05) is 45.8 Å². The third-order valence-corrected chi connectivity index (χ3v) is 8.65. The Kier molecular flexibility index (Phi) is 8.06. The lowest BCUT2D eigenvalue weighted by atomic mass is 10.1. The molecule has 4 rings (SSSR count). The Hall–Kier alpha value is -2.93. The molecule has 0 aromatic heterocycles. The van der Waals surface area contributed by atoms with E-state index in [9.17, 15) is 13.2 Å². The van der Waals surface area contributed by atoms with Gasteiger partial charge in [-0.15, -0.1) is 0 Å². The maximum Gasteiger partial charge on any atom is 0.257 e. The highest BCUT2D eigenvalue weighted by Gasteiger charge is 2.29. The first-order valence-electron chi connectivity index (χ1n) is 12.1. The van der Waals surface area contributed by atoms with E-state index in [1.54, 1.807) is 11.0 Å². The Bertz CT molecular complexity index is 1170. The lowest BCUT2D eigenvalue weighted by molar-refractivity contribution is 0.0625. The Morgan fingerprint density at radius 1 is 0.943 bits per heavy atom. The van der Waals surface area contributed by atoms with E-state index in [1.165, 1.54) is 23.5 Å². The number of hydrogen-bond donors (Lipinski definition) is 0. The average molecular weight is 497 g/mol. The molecule has 2 heterocycles. The standard InChI is InChI=1S/C26H32N4O4S/c1-34-25-11-10-23(35(32,33)30-12-4-2-3-5-13-30)18-24(25)26(31)29-16-14-28(15-17-29)20-22-8-6-21(19-27)7-9-22/h6-11,18H,2-5,12-17,20H2,1H3. The summed E-state index contributed by atoms with van der Waals surface area (Å²) in [6.07, 6.45) is 3.78. The summed E-state index contributed by atoms with van der Waals surface area (Å²) in [7, 11) is -2.18.